The van der Waals surface area contributed by atoms with Crippen molar-refractivity contribution in [2.24, 2.45) is 5.10 Å². The maximum Gasteiger partial charge on any atom is 0.280 e. The summed E-state index contributed by atoms with van der Waals surface area (Å²) in [5.74, 6) is -0.426. The number of hydrogen-bond acceptors (Lipinski definition) is 4. The molecule has 2 aromatic carbocycles. The molecule has 0 unspecified atom stereocenters. The predicted molar refractivity (Wildman–Crippen MR) is 112 cm³/mol. The molecule has 9 heteroatoms. The fraction of sp³-hybridized carbons (Fsp3) is 0.105. The summed E-state index contributed by atoms with van der Waals surface area (Å²) in [6, 6.07) is 11.4. The molecule has 3 rings (SSSR count). The number of carbonyl (C=O) groups is 1. The van der Waals surface area contributed by atoms with E-state index in [0.29, 0.717) is 44.0 Å². The minimum Gasteiger partial charge on any atom is -0.399 e. The van der Waals surface area contributed by atoms with Gasteiger partial charge in [-0.2, -0.15) is 5.10 Å². The van der Waals surface area contributed by atoms with Gasteiger partial charge < -0.3 is 5.73 Å². The van der Waals surface area contributed by atoms with Gasteiger partial charge in [0.15, 0.2) is 0 Å². The number of nitrogen functional groups attached to an aromatic ring is 1. The Morgan fingerprint density at radius 2 is 1.93 bits per heavy atom. The number of nitrogens with zero attached hydrogens (tertiary/aromatic N) is 2. The highest BCUT2D eigenvalue weighted by Crippen LogP contribution is 2.24. The van der Waals surface area contributed by atoms with E-state index in [1.165, 1.54) is 4.68 Å². The molecule has 0 aliphatic heterocycles. The van der Waals surface area contributed by atoms with Gasteiger partial charge >= 0.3 is 0 Å². The Balaban J connectivity index is 1.90. The molecule has 144 valence electrons. The van der Waals surface area contributed by atoms with Crippen LogP contribution < -0.4 is 16.7 Å². The van der Waals surface area contributed by atoms with Crippen LogP contribution in [0.15, 0.2) is 52.4 Å². The number of nitrogens with one attached hydrogen (secondary N) is 2. The number of nitrogens with two attached hydrogens (primary N) is 1. The smallest absolute Gasteiger partial charge is 0.280 e. The van der Waals surface area contributed by atoms with Crippen molar-refractivity contribution in [3.63, 3.8) is 0 Å². The summed E-state index contributed by atoms with van der Waals surface area (Å²) in [6.07, 6.45) is 0. The molecule has 0 aliphatic carbocycles. The number of aromatic amines is 1. The van der Waals surface area contributed by atoms with E-state index in [2.05, 4.69) is 15.6 Å². The van der Waals surface area contributed by atoms with Crippen molar-refractivity contribution < 1.29 is 4.79 Å². The number of rotatable bonds is 4. The van der Waals surface area contributed by atoms with E-state index in [0.717, 1.165) is 0 Å². The number of H-pyrrole nitrogens is 1. The molecule has 0 saturated heterocycles. The van der Waals surface area contributed by atoms with Crippen molar-refractivity contribution in [1.29, 1.82) is 0 Å². The van der Waals surface area contributed by atoms with Crippen LogP contribution in [0.3, 0.4) is 0 Å². The quantitative estimate of drug-likeness (QED) is 0.343. The molecule has 1 amide bonds. The summed E-state index contributed by atoms with van der Waals surface area (Å²) >= 11 is 12.0. The lowest BCUT2D eigenvalue weighted by Gasteiger charge is -2.03. The Labute approximate surface area is 170 Å². The highest BCUT2D eigenvalue weighted by Gasteiger charge is 2.16. The number of carbonyl (C=O) groups excluding carboxylic acids is 1. The van der Waals surface area contributed by atoms with Crippen LogP contribution in [-0.2, 0) is 0 Å². The molecular formula is C19H17Cl2N5O2. The number of halogens is 2. The van der Waals surface area contributed by atoms with Crippen LogP contribution >= 0.6 is 23.2 Å². The fourth-order valence-electron chi connectivity index (χ4n) is 2.71. The molecule has 4 N–H and O–H groups in total. The highest BCUT2D eigenvalue weighted by molar-refractivity contribution is 6.42. The van der Waals surface area contributed by atoms with E-state index in [9.17, 15) is 9.59 Å². The Morgan fingerprint density at radius 3 is 2.61 bits per heavy atom. The second-order valence-corrected chi connectivity index (χ2v) is 6.93. The zero-order chi connectivity index (χ0) is 20.4. The van der Waals surface area contributed by atoms with Crippen LogP contribution in [0.2, 0.25) is 10.0 Å². The van der Waals surface area contributed by atoms with Gasteiger partial charge in [0.05, 0.1) is 27.0 Å². The Morgan fingerprint density at radius 1 is 1.18 bits per heavy atom. The Hall–Kier alpha value is -3.03. The molecule has 0 bridgehead atoms. The topological polar surface area (TPSA) is 105 Å². The zero-order valence-electron chi connectivity index (χ0n) is 15.1. The number of amides is 1. The van der Waals surface area contributed by atoms with Gasteiger partial charge in [-0.1, -0.05) is 29.3 Å². The number of aryl methyl sites for hydroxylation is 1. The number of aromatic nitrogens is 2. The van der Waals surface area contributed by atoms with Crippen LogP contribution in [0.5, 0.6) is 0 Å². The third kappa shape index (κ3) is 3.95. The summed E-state index contributed by atoms with van der Waals surface area (Å²) < 4.78 is 1.34. The number of benzene rings is 2. The molecule has 1 heterocycles. The summed E-state index contributed by atoms with van der Waals surface area (Å²) in [6.45, 7) is 3.37. The van der Waals surface area contributed by atoms with Crippen molar-refractivity contribution >= 4 is 40.5 Å². The fourth-order valence-corrected chi connectivity index (χ4v) is 3.01. The number of anilines is 1. The second-order valence-electron chi connectivity index (χ2n) is 6.11. The van der Waals surface area contributed by atoms with E-state index in [1.807, 2.05) is 0 Å². The van der Waals surface area contributed by atoms with Gasteiger partial charge in [-0.3, -0.25) is 14.7 Å². The van der Waals surface area contributed by atoms with E-state index in [-0.39, 0.29) is 5.56 Å². The van der Waals surface area contributed by atoms with E-state index in [1.54, 1.807) is 56.3 Å². The first kappa shape index (κ1) is 19.7. The average Bonchev–Trinajstić information content (AvgIpc) is 2.96. The van der Waals surface area contributed by atoms with Crippen LogP contribution in [0.25, 0.3) is 5.69 Å². The molecule has 0 fully saturated rings. The second kappa shape index (κ2) is 7.92. The van der Waals surface area contributed by atoms with Crippen molar-refractivity contribution in [2.45, 2.75) is 13.8 Å². The molecule has 0 atom stereocenters. The monoisotopic (exact) mass is 417 g/mol. The molecule has 0 spiro atoms. The van der Waals surface area contributed by atoms with Gasteiger partial charge in [-0.25, -0.2) is 10.1 Å². The Kier molecular flexibility index (Phi) is 5.58. The maximum atomic E-state index is 12.8. The van der Waals surface area contributed by atoms with E-state index < -0.39 is 5.91 Å². The summed E-state index contributed by atoms with van der Waals surface area (Å²) in [5.41, 5.74) is 10.5. The van der Waals surface area contributed by atoms with Crippen LogP contribution in [0, 0.1) is 6.92 Å². The van der Waals surface area contributed by atoms with Gasteiger partial charge in [0, 0.05) is 16.9 Å². The lowest BCUT2D eigenvalue weighted by atomic mass is 10.2. The summed E-state index contributed by atoms with van der Waals surface area (Å²) in [5, 5.41) is 7.76. The number of hydrazone groups is 1. The van der Waals surface area contributed by atoms with Crippen molar-refractivity contribution in [2.75, 3.05) is 5.73 Å². The van der Waals surface area contributed by atoms with Gasteiger partial charge in [0.25, 0.3) is 11.5 Å². The third-order valence-corrected chi connectivity index (χ3v) is 4.81. The molecule has 3 aromatic rings. The zero-order valence-corrected chi connectivity index (χ0v) is 16.6. The van der Waals surface area contributed by atoms with Gasteiger partial charge in [0.2, 0.25) is 0 Å². The predicted octanol–water partition coefficient (Wildman–Crippen LogP) is 3.52. The largest absolute Gasteiger partial charge is 0.399 e. The van der Waals surface area contributed by atoms with E-state index >= 15 is 0 Å². The first-order chi connectivity index (χ1) is 13.3. The van der Waals surface area contributed by atoms with Crippen molar-refractivity contribution in [3.05, 3.63) is 79.7 Å². The van der Waals surface area contributed by atoms with Gasteiger partial charge in [0.1, 0.15) is 0 Å². The van der Waals surface area contributed by atoms with Crippen LogP contribution in [-0.4, -0.2) is 21.4 Å². The molecule has 28 heavy (non-hydrogen) atoms. The lowest BCUT2D eigenvalue weighted by molar-refractivity contribution is 0.0955. The standard InChI is InChI=1S/C19H17Cl2N5O2/c1-10(23-24-18(27)12-4-3-5-13(22)8-12)17-11(2)25-26(19(17)28)14-6-7-15(20)16(21)9-14/h3-9,25H,22H2,1-2H3,(H,24,27)/b23-10-. The normalized spacial score (nSPS) is 11.5. The third-order valence-electron chi connectivity index (χ3n) is 4.07. The molecule has 0 radical (unpaired) electrons. The first-order valence-corrected chi connectivity index (χ1v) is 9.01. The molecule has 7 nitrogen and oxygen atoms in total. The summed E-state index contributed by atoms with van der Waals surface area (Å²) in [7, 11) is 0. The first-order valence-electron chi connectivity index (χ1n) is 8.25. The van der Waals surface area contributed by atoms with Gasteiger partial charge in [-0.05, 0) is 50.2 Å². The minimum absolute atomic E-state index is 0.324. The molecule has 1 aromatic heterocycles. The maximum absolute atomic E-state index is 12.8. The van der Waals surface area contributed by atoms with E-state index in [4.69, 9.17) is 28.9 Å². The molecule has 0 saturated carbocycles. The SMILES string of the molecule is C/C(=N/NC(=O)c1cccc(N)c1)c1c(C)[nH]n(-c2ccc(Cl)c(Cl)c2)c1=O. The van der Waals surface area contributed by atoms with Crippen molar-refractivity contribution in [1.82, 2.24) is 15.2 Å². The minimum atomic E-state index is -0.426. The Bertz CT molecular complexity index is 1150. The highest BCUT2D eigenvalue weighted by atomic mass is 35.5. The lowest BCUT2D eigenvalue weighted by Crippen LogP contribution is -2.23. The number of hydrogen-bond donors (Lipinski definition) is 3. The van der Waals surface area contributed by atoms with Crippen LogP contribution in [0.1, 0.15) is 28.5 Å². The van der Waals surface area contributed by atoms with Crippen molar-refractivity contribution in [3.8, 4) is 5.69 Å². The summed E-state index contributed by atoms with van der Waals surface area (Å²) in [4.78, 5) is 25.0. The average molecular weight is 418 g/mol. The molecular weight excluding hydrogens is 401 g/mol. The molecule has 0 aliphatic rings. The van der Waals surface area contributed by atoms with Gasteiger partial charge in [-0.15, -0.1) is 0 Å². The van der Waals surface area contributed by atoms with Crippen LogP contribution in [0.4, 0.5) is 5.69 Å².